The van der Waals surface area contributed by atoms with Crippen LogP contribution in [0.3, 0.4) is 0 Å². The summed E-state index contributed by atoms with van der Waals surface area (Å²) in [5.74, 6) is 0. The Balaban J connectivity index is 1.97. The smallest absolute Gasteiger partial charge is 0.0575 e. The van der Waals surface area contributed by atoms with Gasteiger partial charge in [-0.3, -0.25) is 0 Å². The highest BCUT2D eigenvalue weighted by Crippen LogP contribution is 2.36. The van der Waals surface area contributed by atoms with Crippen LogP contribution >= 0.6 is 0 Å². The zero-order valence-corrected chi connectivity index (χ0v) is 9.90. The summed E-state index contributed by atoms with van der Waals surface area (Å²) in [6.45, 7) is 2.06. The van der Waals surface area contributed by atoms with Crippen molar-refractivity contribution in [2.24, 2.45) is 0 Å². The average Bonchev–Trinajstić information content (AvgIpc) is 2.76. The van der Waals surface area contributed by atoms with Crippen LogP contribution in [0.15, 0.2) is 42.5 Å². The highest BCUT2D eigenvalue weighted by Gasteiger charge is 2.23. The van der Waals surface area contributed by atoms with Crippen molar-refractivity contribution < 1.29 is 0 Å². The molecule has 0 saturated carbocycles. The van der Waals surface area contributed by atoms with E-state index < -0.39 is 0 Å². The fraction of sp³-hybridized carbons (Fsp3) is 0.200. The maximum Gasteiger partial charge on any atom is 0.0575 e. The van der Waals surface area contributed by atoms with Crippen molar-refractivity contribution in [1.82, 2.24) is 0 Å². The van der Waals surface area contributed by atoms with E-state index in [4.69, 9.17) is 5.73 Å². The number of rotatable bonds is 1. The molecule has 0 radical (unpaired) electrons. The van der Waals surface area contributed by atoms with Gasteiger partial charge in [-0.15, -0.1) is 0 Å². The summed E-state index contributed by atoms with van der Waals surface area (Å²) in [4.78, 5) is 0. The molecule has 2 heteroatoms. The Labute approximate surface area is 101 Å². The highest BCUT2D eigenvalue weighted by molar-refractivity contribution is 5.63. The first kappa shape index (κ1) is 10.2. The normalized spacial score (nSPS) is 17.6. The van der Waals surface area contributed by atoms with E-state index in [0.29, 0.717) is 6.04 Å². The molecule has 0 spiro atoms. The third-order valence-electron chi connectivity index (χ3n) is 3.50. The Hall–Kier alpha value is -1.96. The van der Waals surface area contributed by atoms with Gasteiger partial charge in [0.2, 0.25) is 0 Å². The number of nitrogen functional groups attached to an aromatic ring is 1. The summed E-state index contributed by atoms with van der Waals surface area (Å²) in [6, 6.07) is 15.0. The number of hydrogen-bond acceptors (Lipinski definition) is 2. The number of nitrogens with two attached hydrogens (primary N) is 1. The fourth-order valence-electron chi connectivity index (χ4n) is 2.49. The molecule has 3 N–H and O–H groups in total. The van der Waals surface area contributed by atoms with Crippen LogP contribution in [-0.2, 0) is 6.42 Å². The van der Waals surface area contributed by atoms with Crippen molar-refractivity contribution >= 4 is 11.4 Å². The van der Waals surface area contributed by atoms with E-state index >= 15 is 0 Å². The number of anilines is 2. The van der Waals surface area contributed by atoms with Gasteiger partial charge < -0.3 is 11.1 Å². The molecule has 17 heavy (non-hydrogen) atoms. The largest absolute Gasteiger partial charge is 0.398 e. The van der Waals surface area contributed by atoms with Crippen molar-refractivity contribution in [1.29, 1.82) is 0 Å². The van der Waals surface area contributed by atoms with Gasteiger partial charge in [-0.1, -0.05) is 36.4 Å². The van der Waals surface area contributed by atoms with Gasteiger partial charge in [0.1, 0.15) is 0 Å². The standard InChI is InChI=1S/C15H16N2/c1-10-5-4-7-12(15(10)16)14-9-11-6-2-3-8-13(11)17-14/h2-8,14,17H,9,16H2,1H3. The van der Waals surface area contributed by atoms with E-state index in [9.17, 15) is 0 Å². The molecule has 0 fully saturated rings. The third-order valence-corrected chi connectivity index (χ3v) is 3.50. The topological polar surface area (TPSA) is 38.0 Å². The summed E-state index contributed by atoms with van der Waals surface area (Å²) >= 11 is 0. The van der Waals surface area contributed by atoms with Crippen LogP contribution in [0.4, 0.5) is 11.4 Å². The first-order valence-electron chi connectivity index (χ1n) is 5.95. The molecule has 0 aromatic heterocycles. The summed E-state index contributed by atoms with van der Waals surface area (Å²) in [5.41, 5.74) is 12.0. The third kappa shape index (κ3) is 1.66. The van der Waals surface area contributed by atoms with Gasteiger partial charge in [0.25, 0.3) is 0 Å². The van der Waals surface area contributed by atoms with Crippen LogP contribution in [0, 0.1) is 6.92 Å². The van der Waals surface area contributed by atoms with Gasteiger partial charge in [-0.05, 0) is 36.1 Å². The number of aryl methyl sites for hydroxylation is 1. The molecule has 2 aromatic rings. The number of hydrogen-bond donors (Lipinski definition) is 2. The van der Waals surface area contributed by atoms with Crippen LogP contribution in [0.2, 0.25) is 0 Å². The molecule has 1 aliphatic rings. The van der Waals surface area contributed by atoms with E-state index in [0.717, 1.165) is 17.7 Å². The molecule has 2 aromatic carbocycles. The van der Waals surface area contributed by atoms with Gasteiger partial charge in [-0.25, -0.2) is 0 Å². The lowest BCUT2D eigenvalue weighted by Crippen LogP contribution is -2.09. The lowest BCUT2D eigenvalue weighted by molar-refractivity contribution is 0.826. The molecule has 1 heterocycles. The summed E-state index contributed by atoms with van der Waals surface area (Å²) in [6.07, 6.45) is 1.02. The van der Waals surface area contributed by atoms with Crippen molar-refractivity contribution in [3.05, 3.63) is 59.2 Å². The van der Waals surface area contributed by atoms with Crippen LogP contribution in [-0.4, -0.2) is 0 Å². The lowest BCUT2D eigenvalue weighted by atomic mass is 9.99. The minimum atomic E-state index is 0.312. The Morgan fingerprint density at radius 2 is 1.94 bits per heavy atom. The molecule has 0 aliphatic carbocycles. The minimum Gasteiger partial charge on any atom is -0.398 e. The van der Waals surface area contributed by atoms with Crippen molar-refractivity contribution in [2.45, 2.75) is 19.4 Å². The van der Waals surface area contributed by atoms with Gasteiger partial charge in [-0.2, -0.15) is 0 Å². The van der Waals surface area contributed by atoms with Gasteiger partial charge in [0.05, 0.1) is 6.04 Å². The molecule has 1 atom stereocenters. The molecule has 3 rings (SSSR count). The van der Waals surface area contributed by atoms with Crippen LogP contribution < -0.4 is 11.1 Å². The maximum absolute atomic E-state index is 6.16. The van der Waals surface area contributed by atoms with Gasteiger partial charge in [0.15, 0.2) is 0 Å². The first-order chi connectivity index (χ1) is 8.25. The predicted octanol–water partition coefficient (Wildman–Crippen LogP) is 3.29. The maximum atomic E-state index is 6.16. The summed E-state index contributed by atoms with van der Waals surface area (Å²) in [7, 11) is 0. The molecular weight excluding hydrogens is 208 g/mol. The first-order valence-corrected chi connectivity index (χ1v) is 5.95. The number of nitrogens with one attached hydrogen (secondary N) is 1. The second kappa shape index (κ2) is 3.81. The molecule has 1 aliphatic heterocycles. The Morgan fingerprint density at radius 1 is 1.12 bits per heavy atom. The zero-order valence-electron chi connectivity index (χ0n) is 9.90. The predicted molar refractivity (Wildman–Crippen MR) is 72.1 cm³/mol. The summed E-state index contributed by atoms with van der Waals surface area (Å²) < 4.78 is 0. The molecule has 0 amide bonds. The van der Waals surface area contributed by atoms with Gasteiger partial charge in [0, 0.05) is 11.4 Å². The van der Waals surface area contributed by atoms with E-state index in [1.54, 1.807) is 0 Å². The Bertz CT molecular complexity index is 536. The zero-order chi connectivity index (χ0) is 11.8. The molecule has 0 bridgehead atoms. The molecular formula is C15H16N2. The van der Waals surface area contributed by atoms with Crippen LogP contribution in [0.5, 0.6) is 0 Å². The molecule has 0 saturated heterocycles. The molecule has 86 valence electrons. The average molecular weight is 224 g/mol. The Kier molecular flexibility index (Phi) is 2.29. The quantitative estimate of drug-likeness (QED) is 0.729. The monoisotopic (exact) mass is 224 g/mol. The van der Waals surface area contributed by atoms with E-state index in [2.05, 4.69) is 54.7 Å². The molecule has 2 nitrogen and oxygen atoms in total. The number of para-hydroxylation sites is 2. The Morgan fingerprint density at radius 3 is 2.76 bits per heavy atom. The summed E-state index contributed by atoms with van der Waals surface area (Å²) in [5, 5.41) is 3.54. The fourth-order valence-corrected chi connectivity index (χ4v) is 2.49. The van der Waals surface area contributed by atoms with E-state index in [1.807, 2.05) is 0 Å². The highest BCUT2D eigenvalue weighted by atomic mass is 15.0. The number of fused-ring (bicyclic) bond motifs is 1. The lowest BCUT2D eigenvalue weighted by Gasteiger charge is -2.15. The van der Waals surface area contributed by atoms with E-state index in [1.165, 1.54) is 16.8 Å². The van der Waals surface area contributed by atoms with Crippen molar-refractivity contribution in [2.75, 3.05) is 11.1 Å². The van der Waals surface area contributed by atoms with Gasteiger partial charge >= 0.3 is 0 Å². The second-order valence-corrected chi connectivity index (χ2v) is 4.64. The SMILES string of the molecule is Cc1cccc(C2Cc3ccccc3N2)c1N. The van der Waals surface area contributed by atoms with Crippen molar-refractivity contribution in [3.8, 4) is 0 Å². The second-order valence-electron chi connectivity index (χ2n) is 4.64. The minimum absolute atomic E-state index is 0.312. The van der Waals surface area contributed by atoms with Crippen LogP contribution in [0.1, 0.15) is 22.7 Å². The van der Waals surface area contributed by atoms with E-state index in [-0.39, 0.29) is 0 Å². The molecule has 1 unspecified atom stereocenters. The van der Waals surface area contributed by atoms with Crippen LogP contribution in [0.25, 0.3) is 0 Å². The number of benzene rings is 2. The van der Waals surface area contributed by atoms with Crippen molar-refractivity contribution in [3.63, 3.8) is 0 Å².